The van der Waals surface area contributed by atoms with Crippen LogP contribution in [0, 0.1) is 0 Å². The Kier molecular flexibility index (Phi) is 4.07. The van der Waals surface area contributed by atoms with Gasteiger partial charge in [-0.15, -0.1) is 0 Å². The molecule has 6 unspecified atom stereocenters. The maximum Gasteiger partial charge on any atom is 0.326 e. The molecule has 0 aromatic heterocycles. The van der Waals surface area contributed by atoms with E-state index in [0.29, 0.717) is 0 Å². The minimum Gasteiger partial charge on any atom is -0.480 e. The van der Waals surface area contributed by atoms with Gasteiger partial charge in [0.05, 0.1) is 6.61 Å². The molecule has 100 valence electrons. The van der Waals surface area contributed by atoms with Crippen molar-refractivity contribution < 1.29 is 35.1 Å². The summed E-state index contributed by atoms with van der Waals surface area (Å²) in [6.07, 6.45) is -7.42. The van der Waals surface area contributed by atoms with Crippen molar-refractivity contribution in [1.29, 1.82) is 0 Å². The van der Waals surface area contributed by atoms with Gasteiger partial charge in [-0.25, -0.2) is 0 Å². The van der Waals surface area contributed by atoms with Crippen LogP contribution < -0.4 is 5.73 Å². The molecule has 8 heteroatoms. The highest BCUT2D eigenvalue weighted by molar-refractivity contribution is 5.79. The van der Waals surface area contributed by atoms with Crippen LogP contribution in [0.25, 0.3) is 0 Å². The first-order valence-corrected chi connectivity index (χ1v) is 5.06. The summed E-state index contributed by atoms with van der Waals surface area (Å²) in [7, 11) is 0. The van der Waals surface area contributed by atoms with Gasteiger partial charge in [0.1, 0.15) is 36.1 Å². The molecule has 1 heterocycles. The third kappa shape index (κ3) is 2.41. The molecule has 0 aromatic carbocycles. The number of ether oxygens (including phenoxy) is 1. The van der Waals surface area contributed by atoms with Crippen LogP contribution in [0.4, 0.5) is 0 Å². The summed E-state index contributed by atoms with van der Waals surface area (Å²) >= 11 is 0. The molecule has 8 nitrogen and oxygen atoms in total. The van der Waals surface area contributed by atoms with Gasteiger partial charge in [-0.3, -0.25) is 4.79 Å². The average Bonchev–Trinajstić information content (AvgIpc) is 2.26. The zero-order valence-corrected chi connectivity index (χ0v) is 9.22. The molecule has 1 saturated heterocycles. The Morgan fingerprint density at radius 1 is 1.29 bits per heavy atom. The topological polar surface area (TPSA) is 153 Å². The van der Waals surface area contributed by atoms with Gasteiger partial charge in [-0.1, -0.05) is 0 Å². The quantitative estimate of drug-likeness (QED) is 0.304. The molecular formula is C9H17NO7. The molecule has 7 N–H and O–H groups in total. The molecular weight excluding hydrogens is 234 g/mol. The molecule has 17 heavy (non-hydrogen) atoms. The zero-order valence-electron chi connectivity index (χ0n) is 9.22. The van der Waals surface area contributed by atoms with Crippen LogP contribution in [0.15, 0.2) is 0 Å². The van der Waals surface area contributed by atoms with E-state index in [1.165, 1.54) is 0 Å². The van der Waals surface area contributed by atoms with Crippen molar-refractivity contribution in [2.75, 3.05) is 6.61 Å². The SMILES string of the molecule is CC(N)(C(=O)O)C1OC(CO)C(O)C(O)C1O. The second-order valence-electron chi connectivity index (χ2n) is 4.34. The zero-order chi connectivity index (χ0) is 13.4. The first kappa shape index (κ1) is 14.3. The molecule has 0 spiro atoms. The van der Waals surface area contributed by atoms with E-state index in [9.17, 15) is 20.1 Å². The van der Waals surface area contributed by atoms with E-state index >= 15 is 0 Å². The molecule has 0 bridgehead atoms. The maximum atomic E-state index is 10.9. The molecule has 1 aliphatic heterocycles. The Bertz CT molecular complexity index is 293. The largest absolute Gasteiger partial charge is 0.480 e. The predicted octanol–water partition coefficient (Wildman–Crippen LogP) is -3.37. The van der Waals surface area contributed by atoms with Crippen LogP contribution in [0.1, 0.15) is 6.92 Å². The second-order valence-corrected chi connectivity index (χ2v) is 4.34. The summed E-state index contributed by atoms with van der Waals surface area (Å²) in [6, 6.07) is 0. The minimum absolute atomic E-state index is 0.628. The van der Waals surface area contributed by atoms with Crippen LogP contribution >= 0.6 is 0 Å². The molecule has 1 fully saturated rings. The van der Waals surface area contributed by atoms with E-state index in [1.54, 1.807) is 0 Å². The lowest BCUT2D eigenvalue weighted by Gasteiger charge is -2.44. The van der Waals surface area contributed by atoms with Gasteiger partial charge in [0, 0.05) is 0 Å². The monoisotopic (exact) mass is 251 g/mol. The van der Waals surface area contributed by atoms with Gasteiger partial charge < -0.3 is 36.0 Å². The highest BCUT2D eigenvalue weighted by Gasteiger charge is 2.52. The van der Waals surface area contributed by atoms with Gasteiger partial charge in [-0.05, 0) is 6.92 Å². The molecule has 0 aromatic rings. The van der Waals surface area contributed by atoms with Crippen molar-refractivity contribution in [2.45, 2.75) is 43.0 Å². The lowest BCUT2D eigenvalue weighted by atomic mass is 9.84. The van der Waals surface area contributed by atoms with E-state index in [4.69, 9.17) is 20.7 Å². The lowest BCUT2D eigenvalue weighted by molar-refractivity contribution is -0.243. The number of carboxylic acid groups (broad SMARTS) is 1. The maximum absolute atomic E-state index is 10.9. The second kappa shape index (κ2) is 4.84. The van der Waals surface area contributed by atoms with Crippen molar-refractivity contribution in [3.63, 3.8) is 0 Å². The van der Waals surface area contributed by atoms with Crippen LogP contribution in [0.5, 0.6) is 0 Å². The fourth-order valence-corrected chi connectivity index (χ4v) is 1.72. The third-order valence-corrected chi connectivity index (χ3v) is 2.94. The number of aliphatic hydroxyl groups excluding tert-OH is 4. The highest BCUT2D eigenvalue weighted by atomic mass is 16.5. The van der Waals surface area contributed by atoms with Crippen molar-refractivity contribution in [3.8, 4) is 0 Å². The number of aliphatic carboxylic acids is 1. The summed E-state index contributed by atoms with van der Waals surface area (Å²) in [5, 5.41) is 46.4. The normalized spacial score (nSPS) is 41.9. The van der Waals surface area contributed by atoms with E-state index < -0.39 is 48.6 Å². The predicted molar refractivity (Wildman–Crippen MR) is 54.0 cm³/mol. The summed E-state index contributed by atoms with van der Waals surface area (Å²) in [4.78, 5) is 10.9. The summed E-state index contributed by atoms with van der Waals surface area (Å²) in [5.41, 5.74) is 3.54. The molecule has 6 atom stereocenters. The van der Waals surface area contributed by atoms with Gasteiger partial charge in [0.25, 0.3) is 0 Å². The molecule has 1 rings (SSSR count). The third-order valence-electron chi connectivity index (χ3n) is 2.94. The van der Waals surface area contributed by atoms with E-state index in [-0.39, 0.29) is 0 Å². The van der Waals surface area contributed by atoms with Gasteiger partial charge in [0.15, 0.2) is 0 Å². The fourth-order valence-electron chi connectivity index (χ4n) is 1.72. The first-order valence-electron chi connectivity index (χ1n) is 5.06. The van der Waals surface area contributed by atoms with Crippen molar-refractivity contribution >= 4 is 5.97 Å². The van der Waals surface area contributed by atoms with E-state index in [2.05, 4.69) is 0 Å². The Hall–Kier alpha value is -0.770. The Morgan fingerprint density at radius 2 is 1.82 bits per heavy atom. The van der Waals surface area contributed by atoms with Gasteiger partial charge in [-0.2, -0.15) is 0 Å². The fraction of sp³-hybridized carbons (Fsp3) is 0.889. The van der Waals surface area contributed by atoms with Crippen LogP contribution in [-0.4, -0.2) is 74.2 Å². The van der Waals surface area contributed by atoms with Crippen molar-refractivity contribution in [3.05, 3.63) is 0 Å². The van der Waals surface area contributed by atoms with Crippen LogP contribution in [0.3, 0.4) is 0 Å². The molecule has 0 amide bonds. The smallest absolute Gasteiger partial charge is 0.326 e. The van der Waals surface area contributed by atoms with Crippen molar-refractivity contribution in [2.24, 2.45) is 5.73 Å². The number of carboxylic acids is 1. The summed E-state index contributed by atoms with van der Waals surface area (Å²) in [5.74, 6) is -1.43. The standard InChI is InChI=1S/C9H17NO7/c1-9(10,8(15)16)7-6(14)5(13)4(12)3(2-11)17-7/h3-7,11-14H,2,10H2,1H3,(H,15,16). The summed E-state index contributed by atoms with van der Waals surface area (Å²) in [6.45, 7) is 0.485. The van der Waals surface area contributed by atoms with Crippen molar-refractivity contribution in [1.82, 2.24) is 0 Å². The number of hydrogen-bond donors (Lipinski definition) is 6. The molecule has 1 aliphatic rings. The summed E-state index contributed by atoms with van der Waals surface area (Å²) < 4.78 is 5.04. The lowest BCUT2D eigenvalue weighted by Crippen LogP contribution is -2.69. The number of aliphatic hydroxyl groups is 4. The Morgan fingerprint density at radius 3 is 2.24 bits per heavy atom. The number of carbonyl (C=O) groups is 1. The first-order chi connectivity index (χ1) is 7.73. The minimum atomic E-state index is -1.95. The highest BCUT2D eigenvalue weighted by Crippen LogP contribution is 2.27. The Labute approximate surface area is 97.2 Å². The number of nitrogens with two attached hydrogens (primary N) is 1. The number of hydrogen-bond acceptors (Lipinski definition) is 7. The number of rotatable bonds is 3. The van der Waals surface area contributed by atoms with Gasteiger partial charge >= 0.3 is 5.97 Å². The molecule has 0 saturated carbocycles. The van der Waals surface area contributed by atoms with Crippen LogP contribution in [-0.2, 0) is 9.53 Å². The van der Waals surface area contributed by atoms with E-state index in [1.807, 2.05) is 0 Å². The molecule has 0 aliphatic carbocycles. The Balaban J connectivity index is 2.97. The van der Waals surface area contributed by atoms with Crippen LogP contribution in [0.2, 0.25) is 0 Å². The average molecular weight is 251 g/mol. The van der Waals surface area contributed by atoms with Gasteiger partial charge in [0.2, 0.25) is 0 Å². The molecule has 0 radical (unpaired) electrons. The van der Waals surface area contributed by atoms with E-state index in [0.717, 1.165) is 6.92 Å².